The van der Waals surface area contributed by atoms with Crippen molar-refractivity contribution in [1.82, 2.24) is 0 Å². The molecule has 0 saturated carbocycles. The van der Waals surface area contributed by atoms with Crippen LogP contribution in [0.5, 0.6) is 0 Å². The number of ether oxygens (including phenoxy) is 4. The average Bonchev–Trinajstić information content (AvgIpc) is 2.48. The fourth-order valence-corrected chi connectivity index (χ4v) is 1.97. The number of hydrogen-bond donors (Lipinski definition) is 4. The first-order chi connectivity index (χ1) is 10.8. The van der Waals surface area contributed by atoms with E-state index >= 15 is 0 Å². The molecule has 0 spiro atoms. The van der Waals surface area contributed by atoms with E-state index in [-0.39, 0.29) is 13.2 Å². The van der Waals surface area contributed by atoms with Crippen molar-refractivity contribution in [1.29, 1.82) is 0 Å². The van der Waals surface area contributed by atoms with E-state index in [2.05, 4.69) is 0 Å². The van der Waals surface area contributed by atoms with Crippen molar-refractivity contribution >= 4 is 11.9 Å². The van der Waals surface area contributed by atoms with Gasteiger partial charge in [0.15, 0.2) is 12.4 Å². The summed E-state index contributed by atoms with van der Waals surface area (Å²) in [6.45, 7) is 1.20. The third-order valence-electron chi connectivity index (χ3n) is 3.10. The van der Waals surface area contributed by atoms with Gasteiger partial charge in [0.05, 0.1) is 13.2 Å². The van der Waals surface area contributed by atoms with E-state index in [0.717, 1.165) is 6.92 Å². The Bertz CT molecular complexity index is 398. The first-order valence-corrected chi connectivity index (χ1v) is 6.99. The van der Waals surface area contributed by atoms with E-state index in [1.165, 1.54) is 6.92 Å². The molecule has 0 bridgehead atoms. The molecule has 1 aliphatic heterocycles. The summed E-state index contributed by atoms with van der Waals surface area (Å²) >= 11 is 0. The standard InChI is InChI=1S/C13H22O10/c1-6(15)20-4-8(22-7(2)16)5-21-13-12(19)11(18)10(17)9(3-14)23-13/h8-14,17-19H,3-5H2,1-2H3/t8?,9-,10+,11+,12-,13-/m1/s1. The minimum Gasteiger partial charge on any atom is -0.462 e. The van der Waals surface area contributed by atoms with Gasteiger partial charge in [0, 0.05) is 13.8 Å². The Morgan fingerprint density at radius 1 is 1.04 bits per heavy atom. The number of aliphatic hydroxyl groups is 4. The van der Waals surface area contributed by atoms with Crippen LogP contribution in [0.3, 0.4) is 0 Å². The van der Waals surface area contributed by atoms with Gasteiger partial charge in [-0.25, -0.2) is 0 Å². The van der Waals surface area contributed by atoms with E-state index in [1.54, 1.807) is 0 Å². The highest BCUT2D eigenvalue weighted by atomic mass is 16.7. The molecule has 1 rings (SSSR count). The van der Waals surface area contributed by atoms with Gasteiger partial charge in [-0.2, -0.15) is 0 Å². The van der Waals surface area contributed by atoms with Crippen molar-refractivity contribution in [2.75, 3.05) is 19.8 Å². The minimum absolute atomic E-state index is 0.258. The molecular formula is C13H22O10. The molecular weight excluding hydrogens is 316 g/mol. The number of aliphatic hydroxyl groups excluding tert-OH is 4. The molecule has 10 nitrogen and oxygen atoms in total. The molecule has 0 aromatic carbocycles. The molecule has 23 heavy (non-hydrogen) atoms. The fourth-order valence-electron chi connectivity index (χ4n) is 1.97. The van der Waals surface area contributed by atoms with E-state index in [4.69, 9.17) is 24.1 Å². The molecule has 0 radical (unpaired) electrons. The molecule has 6 atom stereocenters. The Hall–Kier alpha value is -1.30. The van der Waals surface area contributed by atoms with Crippen molar-refractivity contribution in [3.8, 4) is 0 Å². The number of hydrogen-bond acceptors (Lipinski definition) is 10. The topological polar surface area (TPSA) is 152 Å². The van der Waals surface area contributed by atoms with Crippen LogP contribution in [0.15, 0.2) is 0 Å². The van der Waals surface area contributed by atoms with Crippen molar-refractivity contribution in [3.05, 3.63) is 0 Å². The van der Waals surface area contributed by atoms with Gasteiger partial charge in [-0.15, -0.1) is 0 Å². The largest absolute Gasteiger partial charge is 0.462 e. The van der Waals surface area contributed by atoms with E-state index < -0.39 is 55.4 Å². The predicted molar refractivity (Wildman–Crippen MR) is 71.9 cm³/mol. The van der Waals surface area contributed by atoms with Crippen LogP contribution in [0, 0.1) is 0 Å². The summed E-state index contributed by atoms with van der Waals surface area (Å²) in [6, 6.07) is 0. The number of rotatable bonds is 7. The van der Waals surface area contributed by atoms with Gasteiger partial charge in [0.2, 0.25) is 0 Å². The third-order valence-corrected chi connectivity index (χ3v) is 3.10. The summed E-state index contributed by atoms with van der Waals surface area (Å²) in [6.07, 6.45) is -8.06. The maximum atomic E-state index is 11.0. The molecule has 4 N–H and O–H groups in total. The summed E-state index contributed by atoms with van der Waals surface area (Å²) in [4.78, 5) is 21.8. The van der Waals surface area contributed by atoms with Gasteiger partial charge in [0.1, 0.15) is 31.0 Å². The van der Waals surface area contributed by atoms with Crippen LogP contribution in [0.25, 0.3) is 0 Å². The predicted octanol–water partition coefficient (Wildman–Crippen LogP) is -2.70. The van der Waals surface area contributed by atoms with E-state index in [1.807, 2.05) is 0 Å². The molecule has 134 valence electrons. The molecule has 10 heteroatoms. The van der Waals surface area contributed by atoms with E-state index in [9.17, 15) is 24.9 Å². The van der Waals surface area contributed by atoms with Crippen LogP contribution in [-0.4, -0.2) is 89.0 Å². The Kier molecular flexibility index (Phi) is 7.82. The normalized spacial score (nSPS) is 32.2. The maximum absolute atomic E-state index is 11.0. The van der Waals surface area contributed by atoms with Crippen LogP contribution in [0.1, 0.15) is 13.8 Å². The number of carbonyl (C=O) groups is 2. The summed E-state index contributed by atoms with van der Waals surface area (Å²) < 4.78 is 20.0. The highest BCUT2D eigenvalue weighted by Gasteiger charge is 2.44. The monoisotopic (exact) mass is 338 g/mol. The van der Waals surface area contributed by atoms with E-state index in [0.29, 0.717) is 0 Å². The van der Waals surface area contributed by atoms with Gasteiger partial charge in [-0.1, -0.05) is 0 Å². The van der Waals surface area contributed by atoms with Gasteiger partial charge in [-0.05, 0) is 0 Å². The second-order valence-corrected chi connectivity index (χ2v) is 5.06. The summed E-state index contributed by atoms with van der Waals surface area (Å²) in [5.41, 5.74) is 0. The first kappa shape index (κ1) is 19.7. The zero-order valence-corrected chi connectivity index (χ0v) is 12.8. The molecule has 1 heterocycles. The van der Waals surface area contributed by atoms with Crippen LogP contribution in [0.2, 0.25) is 0 Å². The van der Waals surface area contributed by atoms with Crippen molar-refractivity contribution in [2.24, 2.45) is 0 Å². The van der Waals surface area contributed by atoms with Crippen LogP contribution in [-0.2, 0) is 28.5 Å². The lowest BCUT2D eigenvalue weighted by molar-refractivity contribution is -0.305. The Labute approximate surface area is 132 Å². The zero-order chi connectivity index (χ0) is 17.6. The molecule has 1 aliphatic rings. The Morgan fingerprint density at radius 2 is 1.70 bits per heavy atom. The molecule has 0 aromatic heterocycles. The zero-order valence-electron chi connectivity index (χ0n) is 12.8. The molecule has 1 saturated heterocycles. The fraction of sp³-hybridized carbons (Fsp3) is 0.846. The van der Waals surface area contributed by atoms with Gasteiger partial charge in [-0.3, -0.25) is 9.59 Å². The molecule has 1 fully saturated rings. The second-order valence-electron chi connectivity index (χ2n) is 5.06. The molecule has 0 amide bonds. The van der Waals surface area contributed by atoms with Crippen LogP contribution >= 0.6 is 0 Å². The SMILES string of the molecule is CC(=O)OCC(CO[C@@H]1O[C@H](CO)[C@H](O)[C@H](O)[C@H]1O)OC(C)=O. The highest BCUT2D eigenvalue weighted by Crippen LogP contribution is 2.22. The van der Waals surface area contributed by atoms with Gasteiger partial charge >= 0.3 is 11.9 Å². The maximum Gasteiger partial charge on any atom is 0.303 e. The quantitative estimate of drug-likeness (QED) is 0.361. The number of esters is 2. The highest BCUT2D eigenvalue weighted by molar-refractivity contribution is 5.67. The molecule has 0 aliphatic carbocycles. The van der Waals surface area contributed by atoms with Crippen LogP contribution in [0.4, 0.5) is 0 Å². The lowest BCUT2D eigenvalue weighted by atomic mass is 9.99. The smallest absolute Gasteiger partial charge is 0.303 e. The Balaban J connectivity index is 2.60. The third kappa shape index (κ3) is 6.01. The second kappa shape index (κ2) is 9.11. The van der Waals surface area contributed by atoms with Gasteiger partial charge < -0.3 is 39.4 Å². The molecule has 0 aromatic rings. The molecule has 1 unspecified atom stereocenters. The minimum atomic E-state index is -1.58. The van der Waals surface area contributed by atoms with Crippen molar-refractivity contribution in [3.63, 3.8) is 0 Å². The lowest BCUT2D eigenvalue weighted by Gasteiger charge is -2.39. The Morgan fingerprint density at radius 3 is 2.22 bits per heavy atom. The van der Waals surface area contributed by atoms with Crippen molar-refractivity contribution < 1.29 is 49.0 Å². The first-order valence-electron chi connectivity index (χ1n) is 6.99. The van der Waals surface area contributed by atoms with Crippen molar-refractivity contribution in [2.45, 2.75) is 50.7 Å². The van der Waals surface area contributed by atoms with Gasteiger partial charge in [0.25, 0.3) is 0 Å². The average molecular weight is 338 g/mol. The lowest BCUT2D eigenvalue weighted by Crippen LogP contribution is -2.59. The summed E-state index contributed by atoms with van der Waals surface area (Å²) in [7, 11) is 0. The van der Waals surface area contributed by atoms with Crippen LogP contribution < -0.4 is 0 Å². The number of carbonyl (C=O) groups excluding carboxylic acids is 2. The summed E-state index contributed by atoms with van der Waals surface area (Å²) in [5.74, 6) is -1.20. The summed E-state index contributed by atoms with van der Waals surface area (Å²) in [5, 5.41) is 38.1.